The highest BCUT2D eigenvalue weighted by molar-refractivity contribution is 6.04. The Morgan fingerprint density at radius 3 is 0.667 bits per heavy atom. The Hall–Kier alpha value is -9.93. The normalized spacial score (nSPS) is 12.4. The first-order chi connectivity index (χ1) is 47.0. The number of ether oxygens (including phenoxy) is 6. The van der Waals surface area contributed by atoms with Gasteiger partial charge < -0.3 is 108 Å². The lowest BCUT2D eigenvalue weighted by molar-refractivity contribution is -0.127. The summed E-state index contributed by atoms with van der Waals surface area (Å²) in [6.45, 7) is 27.2. The van der Waals surface area contributed by atoms with Crippen LogP contribution in [-0.2, 0) is 57.2 Å². The number of nitrogens with one attached hydrogen (secondary N) is 15. The largest absolute Gasteiger partial charge is 0.444 e. The number of carbonyl (C=O) groups excluding carboxylic acids is 15. The molecule has 0 aliphatic heterocycles. The molecule has 0 aromatic heterocycles. The van der Waals surface area contributed by atoms with Crippen LogP contribution in [0.3, 0.4) is 0 Å². The molecule has 0 radical (unpaired) electrons. The Morgan fingerprint density at radius 1 is 0.265 bits per heavy atom. The molecular weight excluding hydrogens is 1340 g/mol. The minimum Gasteiger partial charge on any atom is -0.444 e. The van der Waals surface area contributed by atoms with Gasteiger partial charge in [0, 0.05) is 75.6 Å². The molecule has 0 spiro atoms. The van der Waals surface area contributed by atoms with Crippen molar-refractivity contribution in [1.29, 1.82) is 0 Å². The fourth-order valence-electron chi connectivity index (χ4n) is 8.11. The fourth-order valence-corrected chi connectivity index (χ4v) is 8.11. The van der Waals surface area contributed by atoms with Gasteiger partial charge >= 0.3 is 36.6 Å². The molecule has 0 bridgehead atoms. The highest BCUT2D eigenvalue weighted by Crippen LogP contribution is 2.15. The third-order valence-electron chi connectivity index (χ3n) is 12.2. The molecule has 1 aromatic rings. The van der Waals surface area contributed by atoms with E-state index in [2.05, 4.69) is 79.8 Å². The van der Waals surface area contributed by atoms with E-state index in [9.17, 15) is 71.9 Å². The summed E-state index contributed by atoms with van der Waals surface area (Å²) in [5.74, 6) is -6.77. The maximum Gasteiger partial charge on any atom is 0.408 e. The maximum absolute atomic E-state index is 13.7. The minimum atomic E-state index is -1.19. The van der Waals surface area contributed by atoms with E-state index < -0.39 is 161 Å². The van der Waals surface area contributed by atoms with Crippen molar-refractivity contribution in [2.75, 3.05) is 78.5 Å². The van der Waals surface area contributed by atoms with Crippen LogP contribution < -0.4 is 79.8 Å². The minimum absolute atomic E-state index is 0.0219. The lowest BCUT2D eigenvalue weighted by Gasteiger charge is -2.23. The number of alkyl carbamates (subject to hydrolysis) is 6. The van der Waals surface area contributed by atoms with Crippen LogP contribution in [0.4, 0.5) is 28.8 Å². The highest BCUT2D eigenvalue weighted by atomic mass is 16.6. The van der Waals surface area contributed by atoms with Crippen LogP contribution in [0.1, 0.15) is 194 Å². The topological polar surface area (TPSA) is 492 Å². The van der Waals surface area contributed by atoms with Crippen molar-refractivity contribution in [3.05, 3.63) is 34.9 Å². The molecule has 3 atom stereocenters. The quantitative estimate of drug-likeness (QED) is 0.0338. The van der Waals surface area contributed by atoms with Gasteiger partial charge in [-0.05, 0) is 181 Å². The average molecular weight is 1450 g/mol. The van der Waals surface area contributed by atoms with Crippen molar-refractivity contribution in [2.45, 2.75) is 215 Å². The van der Waals surface area contributed by atoms with Gasteiger partial charge in [-0.15, -0.1) is 0 Å². The van der Waals surface area contributed by atoms with Gasteiger partial charge in [0.05, 0.1) is 19.6 Å². The summed E-state index contributed by atoms with van der Waals surface area (Å²) in [4.78, 5) is 194. The molecule has 1 aromatic carbocycles. The van der Waals surface area contributed by atoms with E-state index in [1.807, 2.05) is 0 Å². The van der Waals surface area contributed by atoms with Gasteiger partial charge in [-0.2, -0.15) is 0 Å². The molecule has 0 aliphatic rings. The van der Waals surface area contributed by atoms with E-state index in [0.717, 1.165) is 18.2 Å². The third kappa shape index (κ3) is 45.7. The van der Waals surface area contributed by atoms with Crippen molar-refractivity contribution >= 4 is 89.7 Å². The summed E-state index contributed by atoms with van der Waals surface area (Å²) in [6.07, 6.45) is -4.06. The lowest BCUT2D eigenvalue weighted by Crippen LogP contribution is -2.50. The van der Waals surface area contributed by atoms with E-state index in [1.165, 1.54) is 0 Å². The summed E-state index contributed by atoms with van der Waals surface area (Å²) < 4.78 is 31.6. The van der Waals surface area contributed by atoms with Crippen molar-refractivity contribution in [3.63, 3.8) is 0 Å². The van der Waals surface area contributed by atoms with Gasteiger partial charge in [0.1, 0.15) is 51.7 Å². The molecule has 0 saturated carbocycles. The summed E-state index contributed by atoms with van der Waals surface area (Å²) in [5.41, 5.74) is -5.59. The van der Waals surface area contributed by atoms with Gasteiger partial charge in [0.15, 0.2) is 0 Å². The van der Waals surface area contributed by atoms with Crippen LogP contribution in [0, 0.1) is 0 Å². The lowest BCUT2D eigenvalue weighted by atomic mass is 10.0. The predicted octanol–water partition coefficient (Wildman–Crippen LogP) is 2.17. The highest BCUT2D eigenvalue weighted by Gasteiger charge is 2.29. The fraction of sp³-hybridized carbons (Fsp3) is 0.682. The van der Waals surface area contributed by atoms with E-state index in [1.54, 1.807) is 125 Å². The van der Waals surface area contributed by atoms with Crippen LogP contribution in [0.2, 0.25) is 0 Å². The number of carbonyl (C=O) groups is 15. The first-order valence-corrected chi connectivity index (χ1v) is 33.5. The van der Waals surface area contributed by atoms with Crippen LogP contribution in [0.25, 0.3) is 0 Å². The average Bonchev–Trinajstić information content (AvgIpc) is 0.823. The van der Waals surface area contributed by atoms with Crippen LogP contribution in [0.5, 0.6) is 0 Å². The first kappa shape index (κ1) is 90.1. The number of hydrogen-bond acceptors (Lipinski definition) is 21. The molecule has 15 N–H and O–H groups in total. The molecule has 0 aliphatic carbocycles. The van der Waals surface area contributed by atoms with Crippen LogP contribution in [-0.4, -0.2) is 220 Å². The van der Waals surface area contributed by atoms with Gasteiger partial charge in [0.25, 0.3) is 17.7 Å². The molecule has 3 unspecified atom stereocenters. The second kappa shape index (κ2) is 43.0. The standard InChI is InChI=1S/C66H111N15O21/c1-61(2,3)97-55(91)73-25-19-22-43(79-58(94)100-64(10,11)12)52(88)76-37-46(82)67-28-31-70-49(85)40-34-41(50(86)71-32-29-68-47(83)38-77-53(89)44(80-59(95)101-65(13,14)15)23-20-26-74-56(92)98-62(4,5)6)36-42(35-40)51(87)72-33-30-69-48(84)39-78-54(90)45(81-60(96)102-66(16,17)18)24-21-27-75-57(93)99-63(7,8)9/h34-36,43-45H,19-33,37-39H2,1-18H3,(H,67,82)(H,68,83)(H,69,84)(H,70,85)(H,71,86)(H,72,87)(H,73,91)(H,74,92)(H,75,93)(H,76,88)(H,77,89)(H,78,90)(H,79,94)(H,80,95)(H,81,96). The molecule has 0 saturated heterocycles. The van der Waals surface area contributed by atoms with Crippen molar-refractivity contribution in [3.8, 4) is 0 Å². The molecule has 102 heavy (non-hydrogen) atoms. The molecule has 36 heteroatoms. The Bertz CT molecular complexity index is 2700. The molecule has 1 rings (SSSR count). The van der Waals surface area contributed by atoms with Crippen LogP contribution in [0.15, 0.2) is 18.2 Å². The second-order valence-electron chi connectivity index (χ2n) is 29.1. The van der Waals surface area contributed by atoms with Crippen LogP contribution >= 0.6 is 0 Å². The zero-order valence-electron chi connectivity index (χ0n) is 62.3. The van der Waals surface area contributed by atoms with Gasteiger partial charge in [-0.3, -0.25) is 43.2 Å². The molecule has 15 amide bonds. The van der Waals surface area contributed by atoms with Crippen molar-refractivity contribution < 1.29 is 100 Å². The first-order valence-electron chi connectivity index (χ1n) is 33.5. The molecule has 36 nitrogen and oxygen atoms in total. The summed E-state index contributed by atoms with van der Waals surface area (Å²) in [5, 5.41) is 37.7. The number of hydrogen-bond donors (Lipinski definition) is 15. The SMILES string of the molecule is CC(C)(C)OC(=O)NCCCC(NC(=O)OC(C)(C)C)C(=O)NCC(=O)NCCNC(=O)c1cc(C(=O)NCCNC(=O)CNC(=O)C(CCCNC(=O)OC(C)(C)C)NC(=O)OC(C)(C)C)cc(C(=O)NCCNC(=O)CNC(=O)C(CCCNC(=O)OC(C)(C)C)NC(=O)OC(C)(C)C)c1. The van der Waals surface area contributed by atoms with Gasteiger partial charge in [-0.1, -0.05) is 0 Å². The second-order valence-corrected chi connectivity index (χ2v) is 29.1. The predicted molar refractivity (Wildman–Crippen MR) is 371 cm³/mol. The Morgan fingerprint density at radius 2 is 0.461 bits per heavy atom. The smallest absolute Gasteiger partial charge is 0.408 e. The molecule has 576 valence electrons. The Labute approximate surface area is 596 Å². The van der Waals surface area contributed by atoms with E-state index in [4.69, 9.17) is 28.4 Å². The molecule has 0 fully saturated rings. The number of amides is 15. The number of benzene rings is 1. The van der Waals surface area contributed by atoms with Crippen molar-refractivity contribution in [2.24, 2.45) is 0 Å². The van der Waals surface area contributed by atoms with E-state index in [-0.39, 0.29) is 114 Å². The summed E-state index contributed by atoms with van der Waals surface area (Å²) in [7, 11) is 0. The van der Waals surface area contributed by atoms with Gasteiger partial charge in [0.2, 0.25) is 35.4 Å². The zero-order valence-corrected chi connectivity index (χ0v) is 62.3. The Kier molecular flexibility index (Phi) is 38.0. The van der Waals surface area contributed by atoms with Gasteiger partial charge in [-0.25, -0.2) is 28.8 Å². The monoisotopic (exact) mass is 1450 g/mol. The maximum atomic E-state index is 13.7. The molecule has 0 heterocycles. The third-order valence-corrected chi connectivity index (χ3v) is 12.2. The zero-order chi connectivity index (χ0) is 77.8. The van der Waals surface area contributed by atoms with Crippen molar-refractivity contribution in [1.82, 2.24) is 79.8 Å². The molecular formula is C66H111N15O21. The summed E-state index contributed by atoms with van der Waals surface area (Å²) in [6, 6.07) is -0.0698. The van der Waals surface area contributed by atoms with E-state index >= 15 is 0 Å². The summed E-state index contributed by atoms with van der Waals surface area (Å²) >= 11 is 0. The van der Waals surface area contributed by atoms with E-state index in [0.29, 0.717) is 0 Å². The number of rotatable bonds is 36. The Balaban J connectivity index is 3.22.